The number of hydrogen-bond acceptors (Lipinski definition) is 5. The smallest absolute Gasteiger partial charge is 0.309 e. The minimum atomic E-state index is -4.17. The van der Waals surface area contributed by atoms with Crippen molar-refractivity contribution in [2.45, 2.75) is 4.90 Å². The molecule has 108 valence electrons. The Balaban J connectivity index is 2.28. The van der Waals surface area contributed by atoms with E-state index in [1.54, 1.807) is 0 Å². The van der Waals surface area contributed by atoms with E-state index in [9.17, 15) is 27.7 Å². The SMILES string of the molecule is O=C(O)C1CN(S(=O)(=O)c2ccc([N+](=O)[O-])cc2F)C1. The molecule has 1 aromatic carbocycles. The lowest BCUT2D eigenvalue weighted by atomic mass is 10.0. The number of benzene rings is 1. The number of sulfonamides is 1. The zero-order chi connectivity index (χ0) is 15.1. The Labute approximate surface area is 112 Å². The topological polar surface area (TPSA) is 118 Å². The van der Waals surface area contributed by atoms with Crippen LogP contribution in [0.3, 0.4) is 0 Å². The lowest BCUT2D eigenvalue weighted by Gasteiger charge is -2.35. The number of nitrogens with zero attached hydrogens (tertiary/aromatic N) is 2. The highest BCUT2D eigenvalue weighted by molar-refractivity contribution is 7.89. The molecule has 0 bridgehead atoms. The van der Waals surface area contributed by atoms with Crippen LogP contribution in [0.15, 0.2) is 23.1 Å². The maximum Gasteiger partial charge on any atom is 0.309 e. The lowest BCUT2D eigenvalue weighted by Crippen LogP contribution is -2.52. The van der Waals surface area contributed by atoms with Crippen LogP contribution in [0.2, 0.25) is 0 Å². The average molecular weight is 304 g/mol. The Hall–Kier alpha value is -2.07. The van der Waals surface area contributed by atoms with E-state index < -0.39 is 43.2 Å². The third kappa shape index (κ3) is 2.34. The normalized spacial score (nSPS) is 16.6. The highest BCUT2D eigenvalue weighted by atomic mass is 32.2. The van der Waals surface area contributed by atoms with Gasteiger partial charge in [-0.25, -0.2) is 12.8 Å². The van der Waals surface area contributed by atoms with Crippen LogP contribution in [0, 0.1) is 21.8 Å². The maximum atomic E-state index is 13.7. The average Bonchev–Trinajstić information content (AvgIpc) is 2.24. The molecule has 2 rings (SSSR count). The van der Waals surface area contributed by atoms with E-state index in [1.807, 2.05) is 0 Å². The summed E-state index contributed by atoms with van der Waals surface area (Å²) >= 11 is 0. The molecule has 1 N–H and O–H groups in total. The summed E-state index contributed by atoms with van der Waals surface area (Å²) in [7, 11) is -4.17. The van der Waals surface area contributed by atoms with Gasteiger partial charge in [-0.2, -0.15) is 4.31 Å². The van der Waals surface area contributed by atoms with Crippen molar-refractivity contribution in [3.63, 3.8) is 0 Å². The first-order chi connectivity index (χ1) is 9.23. The quantitative estimate of drug-likeness (QED) is 0.637. The molecule has 0 aliphatic carbocycles. The number of carboxylic acid groups (broad SMARTS) is 1. The minimum Gasteiger partial charge on any atom is -0.481 e. The van der Waals surface area contributed by atoms with E-state index in [2.05, 4.69) is 0 Å². The number of rotatable bonds is 4. The fourth-order valence-electron chi connectivity index (χ4n) is 1.74. The van der Waals surface area contributed by atoms with Crippen LogP contribution in [0.1, 0.15) is 0 Å². The summed E-state index contributed by atoms with van der Waals surface area (Å²) in [4.78, 5) is 19.5. The number of aliphatic carboxylic acids is 1. The number of nitro groups is 1. The molecule has 0 atom stereocenters. The van der Waals surface area contributed by atoms with E-state index in [0.717, 1.165) is 16.4 Å². The Kier molecular flexibility index (Phi) is 3.44. The van der Waals surface area contributed by atoms with Crippen molar-refractivity contribution in [1.29, 1.82) is 0 Å². The predicted molar refractivity (Wildman–Crippen MR) is 62.9 cm³/mol. The summed E-state index contributed by atoms with van der Waals surface area (Å²) in [5.74, 6) is -3.18. The van der Waals surface area contributed by atoms with Crippen LogP contribution in [0.25, 0.3) is 0 Å². The first kappa shape index (κ1) is 14.3. The molecule has 1 heterocycles. The van der Waals surface area contributed by atoms with Crippen LogP contribution in [-0.4, -0.2) is 41.8 Å². The maximum absolute atomic E-state index is 13.7. The van der Waals surface area contributed by atoms with E-state index in [0.29, 0.717) is 6.07 Å². The van der Waals surface area contributed by atoms with Crippen molar-refractivity contribution in [3.8, 4) is 0 Å². The van der Waals surface area contributed by atoms with Crippen LogP contribution in [-0.2, 0) is 14.8 Å². The van der Waals surface area contributed by atoms with Gasteiger partial charge in [0, 0.05) is 19.2 Å². The van der Waals surface area contributed by atoms with Gasteiger partial charge in [-0.05, 0) is 6.07 Å². The molecule has 20 heavy (non-hydrogen) atoms. The number of non-ortho nitro benzene ring substituents is 1. The summed E-state index contributed by atoms with van der Waals surface area (Å²) in [5.41, 5.74) is -0.562. The monoisotopic (exact) mass is 304 g/mol. The number of carboxylic acids is 1. The molecule has 1 fully saturated rings. The summed E-state index contributed by atoms with van der Waals surface area (Å²) in [6.45, 7) is -0.484. The molecule has 0 amide bonds. The van der Waals surface area contributed by atoms with E-state index >= 15 is 0 Å². The van der Waals surface area contributed by atoms with Crippen molar-refractivity contribution in [2.75, 3.05) is 13.1 Å². The number of halogens is 1. The van der Waals surface area contributed by atoms with Gasteiger partial charge in [-0.1, -0.05) is 0 Å². The summed E-state index contributed by atoms with van der Waals surface area (Å²) < 4.78 is 38.5. The van der Waals surface area contributed by atoms with Gasteiger partial charge >= 0.3 is 5.97 Å². The van der Waals surface area contributed by atoms with Gasteiger partial charge in [-0.3, -0.25) is 14.9 Å². The summed E-state index contributed by atoms with van der Waals surface area (Å²) in [6.07, 6.45) is 0. The van der Waals surface area contributed by atoms with Gasteiger partial charge < -0.3 is 5.11 Å². The third-order valence-electron chi connectivity index (χ3n) is 2.94. The second-order valence-corrected chi connectivity index (χ2v) is 6.14. The van der Waals surface area contributed by atoms with Crippen molar-refractivity contribution in [3.05, 3.63) is 34.1 Å². The summed E-state index contributed by atoms with van der Waals surface area (Å²) in [5, 5.41) is 19.1. The molecule has 1 saturated heterocycles. The van der Waals surface area contributed by atoms with Crippen molar-refractivity contribution in [1.82, 2.24) is 4.31 Å². The molecule has 1 aliphatic heterocycles. The highest BCUT2D eigenvalue weighted by Gasteiger charge is 2.41. The van der Waals surface area contributed by atoms with Gasteiger partial charge in [0.05, 0.1) is 16.9 Å². The van der Waals surface area contributed by atoms with E-state index in [1.165, 1.54) is 0 Å². The number of carbonyl (C=O) groups is 1. The molecule has 0 radical (unpaired) electrons. The van der Waals surface area contributed by atoms with Crippen molar-refractivity contribution < 1.29 is 27.6 Å². The Bertz CT molecular complexity index is 683. The zero-order valence-corrected chi connectivity index (χ0v) is 10.7. The Morgan fingerprint density at radius 1 is 1.45 bits per heavy atom. The van der Waals surface area contributed by atoms with Crippen molar-refractivity contribution >= 4 is 21.7 Å². The molecular formula is C10H9FN2O6S. The van der Waals surface area contributed by atoms with Crippen LogP contribution in [0.5, 0.6) is 0 Å². The molecule has 0 aromatic heterocycles. The molecule has 10 heteroatoms. The van der Waals surface area contributed by atoms with Gasteiger partial charge in [0.2, 0.25) is 10.0 Å². The second-order valence-electron chi connectivity index (χ2n) is 4.23. The third-order valence-corrected chi connectivity index (χ3v) is 4.81. The molecule has 8 nitrogen and oxygen atoms in total. The molecule has 1 aromatic rings. The predicted octanol–water partition coefficient (Wildman–Crippen LogP) is 0.439. The first-order valence-electron chi connectivity index (χ1n) is 5.40. The molecular weight excluding hydrogens is 295 g/mol. The first-order valence-corrected chi connectivity index (χ1v) is 6.84. The second kappa shape index (κ2) is 4.80. The minimum absolute atomic E-state index is 0.242. The van der Waals surface area contributed by atoms with Crippen LogP contribution < -0.4 is 0 Å². The molecule has 0 saturated carbocycles. The van der Waals surface area contributed by atoms with Gasteiger partial charge in [-0.15, -0.1) is 0 Å². The van der Waals surface area contributed by atoms with Gasteiger partial charge in [0.1, 0.15) is 10.7 Å². The lowest BCUT2D eigenvalue weighted by molar-refractivity contribution is -0.385. The highest BCUT2D eigenvalue weighted by Crippen LogP contribution is 2.28. The molecule has 1 aliphatic rings. The summed E-state index contributed by atoms with van der Waals surface area (Å²) in [6, 6.07) is 2.20. The fraction of sp³-hybridized carbons (Fsp3) is 0.300. The molecule has 0 spiro atoms. The molecule has 0 unspecified atom stereocenters. The van der Waals surface area contributed by atoms with E-state index in [-0.39, 0.29) is 13.1 Å². The Morgan fingerprint density at radius 2 is 2.05 bits per heavy atom. The zero-order valence-electron chi connectivity index (χ0n) is 9.89. The van der Waals surface area contributed by atoms with Gasteiger partial charge in [0.25, 0.3) is 5.69 Å². The van der Waals surface area contributed by atoms with Crippen LogP contribution in [0.4, 0.5) is 10.1 Å². The Morgan fingerprint density at radius 3 is 2.50 bits per heavy atom. The number of hydrogen-bond donors (Lipinski definition) is 1. The standard InChI is InChI=1S/C10H9FN2O6S/c11-8-3-7(13(16)17)1-2-9(8)20(18,19)12-4-6(5-12)10(14)15/h1-3,6H,4-5H2,(H,14,15). The van der Waals surface area contributed by atoms with E-state index in [4.69, 9.17) is 5.11 Å². The van der Waals surface area contributed by atoms with Gasteiger partial charge in [0.15, 0.2) is 0 Å². The largest absolute Gasteiger partial charge is 0.481 e. The van der Waals surface area contributed by atoms with Crippen LogP contribution >= 0.6 is 0 Å². The van der Waals surface area contributed by atoms with Crippen molar-refractivity contribution in [2.24, 2.45) is 5.92 Å². The fourth-order valence-corrected chi connectivity index (χ4v) is 3.32. The number of nitro benzene ring substituents is 1.